The Morgan fingerprint density at radius 1 is 1.56 bits per heavy atom. The van der Waals surface area contributed by atoms with Gasteiger partial charge in [0, 0.05) is 31.6 Å². The van der Waals surface area contributed by atoms with E-state index in [0.717, 1.165) is 37.1 Å². The molecule has 1 aliphatic carbocycles. The molecule has 1 aromatic heterocycles. The third-order valence-corrected chi connectivity index (χ3v) is 3.25. The number of carbonyl (C=O) groups is 1. The molecule has 0 unspecified atom stereocenters. The molecule has 0 spiro atoms. The number of carbonyl (C=O) groups excluding carboxylic acids is 1. The maximum atomic E-state index is 11.8. The Kier molecular flexibility index (Phi) is 2.87. The molecule has 2 heterocycles. The van der Waals surface area contributed by atoms with Gasteiger partial charge in [0.25, 0.3) is 5.56 Å². The van der Waals surface area contributed by atoms with Crippen LogP contribution >= 0.6 is 0 Å². The van der Waals surface area contributed by atoms with Crippen LogP contribution in [0.5, 0.6) is 0 Å². The average Bonchev–Trinajstić information content (AvgIpc) is 3.14. The maximum Gasteiger partial charge on any atom is 0.267 e. The summed E-state index contributed by atoms with van der Waals surface area (Å²) in [5.74, 6) is -0.124. The lowest BCUT2D eigenvalue weighted by Gasteiger charge is -2.16. The van der Waals surface area contributed by atoms with E-state index in [2.05, 4.69) is 15.7 Å². The van der Waals surface area contributed by atoms with Crippen LogP contribution in [0.3, 0.4) is 0 Å². The molecule has 6 nitrogen and oxygen atoms in total. The largest absolute Gasteiger partial charge is 0.352 e. The Morgan fingerprint density at radius 2 is 2.39 bits per heavy atom. The summed E-state index contributed by atoms with van der Waals surface area (Å²) < 4.78 is 1.27. The van der Waals surface area contributed by atoms with Crippen LogP contribution in [0.2, 0.25) is 0 Å². The molecule has 0 saturated heterocycles. The fourth-order valence-electron chi connectivity index (χ4n) is 2.11. The molecule has 1 amide bonds. The molecular formula is C12H16N4O2. The molecule has 1 fully saturated rings. The number of nitrogens with one attached hydrogen (secondary N) is 2. The van der Waals surface area contributed by atoms with E-state index in [-0.39, 0.29) is 18.0 Å². The van der Waals surface area contributed by atoms with Crippen molar-refractivity contribution in [3.63, 3.8) is 0 Å². The predicted octanol–water partition coefficient (Wildman–Crippen LogP) is -0.832. The average molecular weight is 248 g/mol. The van der Waals surface area contributed by atoms with Crippen molar-refractivity contribution in [2.75, 3.05) is 6.54 Å². The highest BCUT2D eigenvalue weighted by Gasteiger charge is 2.23. The van der Waals surface area contributed by atoms with Crippen molar-refractivity contribution in [3.8, 4) is 0 Å². The summed E-state index contributed by atoms with van der Waals surface area (Å²) in [6.45, 7) is 1.58. The van der Waals surface area contributed by atoms with Crippen molar-refractivity contribution in [3.05, 3.63) is 27.7 Å². The zero-order chi connectivity index (χ0) is 12.5. The SMILES string of the molecule is O=C(Cn1nc2c(cc1=O)CNCC2)NC1CC1. The highest BCUT2D eigenvalue weighted by molar-refractivity contribution is 5.76. The molecule has 0 radical (unpaired) electrons. The third kappa shape index (κ3) is 2.43. The number of rotatable bonds is 3. The van der Waals surface area contributed by atoms with Crippen molar-refractivity contribution in [2.24, 2.45) is 0 Å². The first-order chi connectivity index (χ1) is 8.72. The molecule has 0 bridgehead atoms. The van der Waals surface area contributed by atoms with E-state index < -0.39 is 0 Å². The Morgan fingerprint density at radius 3 is 3.17 bits per heavy atom. The quantitative estimate of drug-likeness (QED) is 0.732. The molecule has 0 aromatic carbocycles. The van der Waals surface area contributed by atoms with Gasteiger partial charge in [-0.25, -0.2) is 4.68 Å². The summed E-state index contributed by atoms with van der Waals surface area (Å²) in [5, 5.41) is 10.3. The first kappa shape index (κ1) is 11.4. The molecule has 2 aliphatic rings. The van der Waals surface area contributed by atoms with Gasteiger partial charge >= 0.3 is 0 Å². The molecule has 1 aromatic rings. The normalized spacial score (nSPS) is 18.2. The number of hydrogen-bond donors (Lipinski definition) is 2. The summed E-state index contributed by atoms with van der Waals surface area (Å²) in [6, 6.07) is 1.90. The van der Waals surface area contributed by atoms with Crippen LogP contribution in [0.15, 0.2) is 10.9 Å². The van der Waals surface area contributed by atoms with E-state index in [1.165, 1.54) is 4.68 Å². The van der Waals surface area contributed by atoms with Gasteiger partial charge in [-0.15, -0.1) is 0 Å². The number of nitrogens with zero attached hydrogens (tertiary/aromatic N) is 2. The summed E-state index contributed by atoms with van der Waals surface area (Å²) in [7, 11) is 0. The topological polar surface area (TPSA) is 76.0 Å². The molecule has 6 heteroatoms. The second kappa shape index (κ2) is 4.53. The summed E-state index contributed by atoms with van der Waals surface area (Å²) in [5.41, 5.74) is 1.67. The van der Waals surface area contributed by atoms with Crippen LogP contribution in [0.1, 0.15) is 24.1 Å². The molecule has 96 valence electrons. The van der Waals surface area contributed by atoms with E-state index in [0.29, 0.717) is 12.6 Å². The number of fused-ring (bicyclic) bond motifs is 1. The van der Waals surface area contributed by atoms with Crippen LogP contribution in [-0.4, -0.2) is 28.3 Å². The summed E-state index contributed by atoms with van der Waals surface area (Å²) in [6.07, 6.45) is 2.90. The van der Waals surface area contributed by atoms with Crippen molar-refractivity contribution in [2.45, 2.75) is 38.4 Å². The number of amides is 1. The van der Waals surface area contributed by atoms with Gasteiger partial charge in [0.15, 0.2) is 0 Å². The van der Waals surface area contributed by atoms with Crippen LogP contribution in [0.4, 0.5) is 0 Å². The van der Waals surface area contributed by atoms with Gasteiger partial charge < -0.3 is 10.6 Å². The minimum absolute atomic E-state index is 0.0239. The van der Waals surface area contributed by atoms with Crippen LogP contribution in [-0.2, 0) is 24.3 Å². The lowest BCUT2D eigenvalue weighted by molar-refractivity contribution is -0.122. The monoisotopic (exact) mass is 248 g/mol. The van der Waals surface area contributed by atoms with Gasteiger partial charge in [0.2, 0.25) is 5.91 Å². The van der Waals surface area contributed by atoms with Crippen molar-refractivity contribution in [1.29, 1.82) is 0 Å². The molecule has 1 saturated carbocycles. The zero-order valence-corrected chi connectivity index (χ0v) is 10.1. The zero-order valence-electron chi connectivity index (χ0n) is 10.1. The Bertz CT molecular complexity index is 533. The minimum atomic E-state index is -0.205. The van der Waals surface area contributed by atoms with Crippen molar-refractivity contribution >= 4 is 5.91 Å². The van der Waals surface area contributed by atoms with E-state index in [1.807, 2.05) is 0 Å². The lowest BCUT2D eigenvalue weighted by Crippen LogP contribution is -2.37. The van der Waals surface area contributed by atoms with Crippen molar-refractivity contribution in [1.82, 2.24) is 20.4 Å². The second-order valence-corrected chi connectivity index (χ2v) is 4.88. The first-order valence-corrected chi connectivity index (χ1v) is 6.32. The molecule has 0 atom stereocenters. The molecule has 18 heavy (non-hydrogen) atoms. The van der Waals surface area contributed by atoms with E-state index in [9.17, 15) is 9.59 Å². The fourth-order valence-corrected chi connectivity index (χ4v) is 2.11. The minimum Gasteiger partial charge on any atom is -0.352 e. The number of hydrogen-bond acceptors (Lipinski definition) is 4. The Labute approximate surface area is 104 Å². The van der Waals surface area contributed by atoms with Gasteiger partial charge in [-0.05, 0) is 18.4 Å². The van der Waals surface area contributed by atoms with Crippen LogP contribution < -0.4 is 16.2 Å². The Balaban J connectivity index is 1.78. The molecule has 3 rings (SSSR count). The maximum absolute atomic E-state index is 11.8. The van der Waals surface area contributed by atoms with Gasteiger partial charge in [-0.3, -0.25) is 9.59 Å². The van der Waals surface area contributed by atoms with Gasteiger partial charge in [-0.1, -0.05) is 0 Å². The highest BCUT2D eigenvalue weighted by atomic mass is 16.2. The summed E-state index contributed by atoms with van der Waals surface area (Å²) >= 11 is 0. The second-order valence-electron chi connectivity index (χ2n) is 4.88. The predicted molar refractivity (Wildman–Crippen MR) is 65.1 cm³/mol. The van der Waals surface area contributed by atoms with Gasteiger partial charge in [0.05, 0.1) is 5.69 Å². The van der Waals surface area contributed by atoms with Crippen molar-refractivity contribution < 1.29 is 4.79 Å². The van der Waals surface area contributed by atoms with Crippen LogP contribution in [0.25, 0.3) is 0 Å². The molecule has 2 N–H and O–H groups in total. The van der Waals surface area contributed by atoms with Gasteiger partial charge in [-0.2, -0.15) is 5.10 Å². The highest BCUT2D eigenvalue weighted by Crippen LogP contribution is 2.18. The lowest BCUT2D eigenvalue weighted by atomic mass is 10.1. The fraction of sp³-hybridized carbons (Fsp3) is 0.583. The van der Waals surface area contributed by atoms with E-state index in [4.69, 9.17) is 0 Å². The number of aromatic nitrogens is 2. The molecular weight excluding hydrogens is 232 g/mol. The van der Waals surface area contributed by atoms with Gasteiger partial charge in [0.1, 0.15) is 6.54 Å². The third-order valence-electron chi connectivity index (χ3n) is 3.25. The first-order valence-electron chi connectivity index (χ1n) is 6.32. The standard InChI is InChI=1S/C12H16N4O2/c17-11(14-9-1-2-9)7-16-12(18)5-8-6-13-4-3-10(8)15-16/h5,9,13H,1-4,6-7H2,(H,14,17). The smallest absolute Gasteiger partial charge is 0.267 e. The van der Waals surface area contributed by atoms with E-state index in [1.54, 1.807) is 6.07 Å². The van der Waals surface area contributed by atoms with Crippen LogP contribution in [0, 0.1) is 0 Å². The Hall–Kier alpha value is -1.69. The summed E-state index contributed by atoms with van der Waals surface area (Å²) in [4.78, 5) is 23.5. The van der Waals surface area contributed by atoms with E-state index >= 15 is 0 Å². The molecule has 1 aliphatic heterocycles.